The third kappa shape index (κ3) is 3.16. The average Bonchev–Trinajstić information content (AvgIpc) is 3.31. The van der Waals surface area contributed by atoms with Gasteiger partial charge >= 0.3 is 5.97 Å². The summed E-state index contributed by atoms with van der Waals surface area (Å²) < 4.78 is 5.39. The summed E-state index contributed by atoms with van der Waals surface area (Å²) in [6.45, 7) is 2.51. The van der Waals surface area contributed by atoms with E-state index >= 15 is 0 Å². The number of phenols is 1. The molecule has 120 valence electrons. The van der Waals surface area contributed by atoms with Gasteiger partial charge in [0.25, 0.3) is 0 Å². The summed E-state index contributed by atoms with van der Waals surface area (Å²) in [6.07, 6.45) is 1.86. The van der Waals surface area contributed by atoms with Gasteiger partial charge in [-0.3, -0.25) is 0 Å². The van der Waals surface area contributed by atoms with E-state index in [1.165, 1.54) is 0 Å². The molecule has 1 N–H and O–H groups in total. The zero-order chi connectivity index (χ0) is 16.2. The van der Waals surface area contributed by atoms with Crippen molar-refractivity contribution < 1.29 is 14.6 Å². The van der Waals surface area contributed by atoms with E-state index in [1.807, 2.05) is 47.4 Å². The van der Waals surface area contributed by atoms with Crippen LogP contribution in [0, 0.1) is 0 Å². The number of para-hydroxylation sites is 2. The molecule has 2 atom stereocenters. The maximum absolute atomic E-state index is 12.4. The molecule has 2 aromatic carbocycles. The summed E-state index contributed by atoms with van der Waals surface area (Å²) in [7, 11) is 0. The molecule has 0 radical (unpaired) electrons. The average molecular weight is 311 g/mol. The minimum Gasteiger partial charge on any atom is -0.506 e. The van der Waals surface area contributed by atoms with Crippen molar-refractivity contribution in [3.63, 3.8) is 0 Å². The minimum atomic E-state index is -0.373. The second-order valence-electron chi connectivity index (χ2n) is 5.72. The Bertz CT molecular complexity index is 671. The molecule has 1 fully saturated rings. The molecule has 1 heterocycles. The highest BCUT2D eigenvalue weighted by Crippen LogP contribution is 2.50. The molecule has 0 aliphatic carbocycles. The number of hydrogen-bond acceptors (Lipinski definition) is 4. The van der Waals surface area contributed by atoms with Gasteiger partial charge in [-0.2, -0.15) is 0 Å². The fourth-order valence-electron chi connectivity index (χ4n) is 2.85. The van der Waals surface area contributed by atoms with Crippen molar-refractivity contribution in [3.8, 4) is 5.75 Å². The molecule has 1 aliphatic rings. The molecule has 0 unspecified atom stereocenters. The molecule has 0 amide bonds. The molecule has 4 nitrogen and oxygen atoms in total. The van der Waals surface area contributed by atoms with Gasteiger partial charge in [-0.25, -0.2) is 4.79 Å². The second kappa shape index (κ2) is 6.73. The Balaban J connectivity index is 1.83. The number of hydrogen-bond donors (Lipinski definition) is 1. The van der Waals surface area contributed by atoms with Crippen molar-refractivity contribution in [2.24, 2.45) is 0 Å². The van der Waals surface area contributed by atoms with Gasteiger partial charge in [0.1, 0.15) is 5.75 Å². The van der Waals surface area contributed by atoms with Crippen molar-refractivity contribution in [2.45, 2.75) is 31.8 Å². The van der Waals surface area contributed by atoms with Crippen LogP contribution in [0.2, 0.25) is 0 Å². The van der Waals surface area contributed by atoms with Gasteiger partial charge in [-0.15, -0.1) is 0 Å². The molecule has 2 aromatic rings. The third-order valence-corrected chi connectivity index (χ3v) is 4.09. The zero-order valence-corrected chi connectivity index (χ0v) is 13.2. The summed E-state index contributed by atoms with van der Waals surface area (Å²) in [4.78, 5) is 14.3. The van der Waals surface area contributed by atoms with Gasteiger partial charge < -0.3 is 14.7 Å². The van der Waals surface area contributed by atoms with Gasteiger partial charge in [-0.1, -0.05) is 55.8 Å². The standard InChI is InChI=1S/C19H21NO3/c1-2-3-13-23-19(22)18-17(14-9-5-4-6-10-14)20(18)15-11-7-8-12-16(15)21/h4-12,17-18,21H,2-3,13H2,1H3/t17-,18-,20?/m1/s1. The predicted octanol–water partition coefficient (Wildman–Crippen LogP) is 3.67. The molecular weight excluding hydrogens is 290 g/mol. The van der Waals surface area contributed by atoms with Crippen LogP contribution in [-0.4, -0.2) is 23.7 Å². The van der Waals surface area contributed by atoms with E-state index in [4.69, 9.17) is 4.74 Å². The highest BCUT2D eigenvalue weighted by Gasteiger charge is 2.55. The summed E-state index contributed by atoms with van der Waals surface area (Å²) in [5.74, 6) is -0.0483. The van der Waals surface area contributed by atoms with E-state index in [2.05, 4.69) is 6.92 Å². The van der Waals surface area contributed by atoms with Crippen molar-refractivity contribution >= 4 is 11.7 Å². The highest BCUT2D eigenvalue weighted by molar-refractivity contribution is 5.90. The van der Waals surface area contributed by atoms with Crippen LogP contribution in [0.15, 0.2) is 54.6 Å². The van der Waals surface area contributed by atoms with Crippen molar-refractivity contribution in [3.05, 3.63) is 60.2 Å². The lowest BCUT2D eigenvalue weighted by molar-refractivity contribution is -0.143. The van der Waals surface area contributed by atoms with Crippen molar-refractivity contribution in [2.75, 3.05) is 11.5 Å². The fraction of sp³-hybridized carbons (Fsp3) is 0.316. The maximum Gasteiger partial charge on any atom is 0.331 e. The molecule has 0 spiro atoms. The lowest BCUT2D eigenvalue weighted by atomic mass is 10.1. The lowest BCUT2D eigenvalue weighted by Gasteiger charge is -2.08. The van der Waals surface area contributed by atoms with Crippen LogP contribution in [0.5, 0.6) is 5.75 Å². The summed E-state index contributed by atoms with van der Waals surface area (Å²) in [6, 6.07) is 16.5. The highest BCUT2D eigenvalue weighted by atomic mass is 16.5. The van der Waals surface area contributed by atoms with Gasteiger partial charge in [0.05, 0.1) is 18.3 Å². The number of nitrogens with zero attached hydrogens (tertiary/aromatic N) is 1. The first-order valence-electron chi connectivity index (χ1n) is 8.02. The number of unbranched alkanes of at least 4 members (excludes halogenated alkanes) is 1. The number of esters is 1. The molecule has 3 rings (SSSR count). The molecular formula is C19H21NO3. The topological polar surface area (TPSA) is 49.5 Å². The number of phenolic OH excluding ortho intramolecular Hbond substituents is 1. The smallest absolute Gasteiger partial charge is 0.331 e. The monoisotopic (exact) mass is 311 g/mol. The Morgan fingerprint density at radius 2 is 1.83 bits per heavy atom. The SMILES string of the molecule is CCCCOC(=O)[C@H]1[C@@H](c2ccccc2)N1c1ccccc1O. The normalized spacial score (nSPS) is 19.4. The predicted molar refractivity (Wildman–Crippen MR) is 89.4 cm³/mol. The largest absolute Gasteiger partial charge is 0.506 e. The quantitative estimate of drug-likeness (QED) is 0.502. The molecule has 0 saturated carbocycles. The van der Waals surface area contributed by atoms with Crippen LogP contribution >= 0.6 is 0 Å². The van der Waals surface area contributed by atoms with Crippen LogP contribution < -0.4 is 4.90 Å². The number of ether oxygens (including phenoxy) is 1. The van der Waals surface area contributed by atoms with E-state index in [-0.39, 0.29) is 23.8 Å². The van der Waals surface area contributed by atoms with E-state index in [1.54, 1.807) is 12.1 Å². The summed E-state index contributed by atoms with van der Waals surface area (Å²) in [5.41, 5.74) is 1.71. The molecule has 1 saturated heterocycles. The minimum absolute atomic E-state index is 0.0846. The number of carbonyl (C=O) groups is 1. The Labute approximate surface area is 136 Å². The van der Waals surface area contributed by atoms with Crippen LogP contribution in [0.1, 0.15) is 31.4 Å². The first kappa shape index (κ1) is 15.4. The number of benzene rings is 2. The first-order valence-corrected chi connectivity index (χ1v) is 8.02. The fourth-order valence-corrected chi connectivity index (χ4v) is 2.85. The number of rotatable bonds is 6. The summed E-state index contributed by atoms with van der Waals surface area (Å²) >= 11 is 0. The molecule has 1 aliphatic heterocycles. The second-order valence-corrected chi connectivity index (χ2v) is 5.72. The first-order chi connectivity index (χ1) is 11.2. The Morgan fingerprint density at radius 3 is 2.52 bits per heavy atom. The number of anilines is 1. The van der Waals surface area contributed by atoms with E-state index < -0.39 is 0 Å². The van der Waals surface area contributed by atoms with Crippen molar-refractivity contribution in [1.29, 1.82) is 0 Å². The number of carbonyl (C=O) groups excluding carboxylic acids is 1. The third-order valence-electron chi connectivity index (χ3n) is 4.09. The van der Waals surface area contributed by atoms with Gasteiger partial charge in [-0.05, 0) is 24.1 Å². The van der Waals surface area contributed by atoms with Crippen LogP contribution in [0.3, 0.4) is 0 Å². The molecule has 0 bridgehead atoms. The van der Waals surface area contributed by atoms with Crippen LogP contribution in [-0.2, 0) is 9.53 Å². The van der Waals surface area contributed by atoms with Gasteiger partial charge in [0, 0.05) is 0 Å². The van der Waals surface area contributed by atoms with Gasteiger partial charge in [0.15, 0.2) is 6.04 Å². The number of aromatic hydroxyl groups is 1. The van der Waals surface area contributed by atoms with E-state index in [9.17, 15) is 9.90 Å². The molecule has 0 aromatic heterocycles. The Hall–Kier alpha value is -2.49. The van der Waals surface area contributed by atoms with Gasteiger partial charge in [0.2, 0.25) is 0 Å². The van der Waals surface area contributed by atoms with E-state index in [0.29, 0.717) is 12.3 Å². The lowest BCUT2D eigenvalue weighted by Crippen LogP contribution is -2.16. The van der Waals surface area contributed by atoms with Crippen LogP contribution in [0.4, 0.5) is 5.69 Å². The molecule has 4 heteroatoms. The van der Waals surface area contributed by atoms with E-state index in [0.717, 1.165) is 18.4 Å². The maximum atomic E-state index is 12.4. The Morgan fingerprint density at radius 1 is 1.13 bits per heavy atom. The molecule has 23 heavy (non-hydrogen) atoms. The Kier molecular flexibility index (Phi) is 4.51. The zero-order valence-electron chi connectivity index (χ0n) is 13.2. The van der Waals surface area contributed by atoms with Crippen LogP contribution in [0.25, 0.3) is 0 Å². The summed E-state index contributed by atoms with van der Waals surface area (Å²) in [5, 5.41) is 10.1. The van der Waals surface area contributed by atoms with Crippen molar-refractivity contribution in [1.82, 2.24) is 0 Å².